The minimum atomic E-state index is -1.37. The first-order chi connectivity index (χ1) is 16.5. The summed E-state index contributed by atoms with van der Waals surface area (Å²) in [5.74, 6) is -1.11. The summed E-state index contributed by atoms with van der Waals surface area (Å²) in [6.45, 7) is 6.85. The first-order valence-electron chi connectivity index (χ1n) is 11.5. The van der Waals surface area contributed by atoms with Crippen LogP contribution in [0, 0.1) is 0 Å². The van der Waals surface area contributed by atoms with Gasteiger partial charge in [-0.1, -0.05) is 48.5 Å². The van der Waals surface area contributed by atoms with E-state index >= 15 is 0 Å². The van der Waals surface area contributed by atoms with E-state index in [-0.39, 0.29) is 12.8 Å². The minimum absolute atomic E-state index is 0.194. The fraction of sp³-hybridized carbons (Fsp3) is 0.370. The van der Waals surface area contributed by atoms with Crippen LogP contribution in [-0.2, 0) is 31.9 Å². The van der Waals surface area contributed by atoms with Crippen LogP contribution < -0.4 is 10.6 Å². The summed E-state index contributed by atoms with van der Waals surface area (Å²) in [4.78, 5) is 42.0. The van der Waals surface area contributed by atoms with Gasteiger partial charge in [-0.15, -0.1) is 0 Å². The maximum atomic E-state index is 13.5. The van der Waals surface area contributed by atoms with E-state index in [1.54, 1.807) is 27.7 Å². The van der Waals surface area contributed by atoms with E-state index < -0.39 is 35.2 Å². The zero-order valence-electron chi connectivity index (χ0n) is 20.8. The first kappa shape index (κ1) is 25.8. The van der Waals surface area contributed by atoms with Crippen molar-refractivity contribution in [2.75, 3.05) is 7.11 Å². The lowest BCUT2D eigenvalue weighted by Gasteiger charge is -2.30. The molecule has 1 heterocycles. The maximum Gasteiger partial charge on any atom is 0.408 e. The van der Waals surface area contributed by atoms with E-state index in [1.165, 1.54) is 7.11 Å². The predicted molar refractivity (Wildman–Crippen MR) is 134 cm³/mol. The van der Waals surface area contributed by atoms with Gasteiger partial charge in [0, 0.05) is 29.9 Å². The van der Waals surface area contributed by atoms with Crippen LogP contribution in [0.15, 0.2) is 60.8 Å². The summed E-state index contributed by atoms with van der Waals surface area (Å²) < 4.78 is 10.4. The van der Waals surface area contributed by atoms with E-state index in [0.717, 1.165) is 22.0 Å². The van der Waals surface area contributed by atoms with Gasteiger partial charge in [0.2, 0.25) is 5.91 Å². The molecule has 8 heteroatoms. The van der Waals surface area contributed by atoms with Crippen LogP contribution in [0.25, 0.3) is 10.9 Å². The van der Waals surface area contributed by atoms with Crippen LogP contribution in [0.2, 0.25) is 0 Å². The number of aromatic nitrogens is 1. The Kier molecular flexibility index (Phi) is 7.84. The van der Waals surface area contributed by atoms with Gasteiger partial charge in [0.1, 0.15) is 17.2 Å². The average molecular weight is 480 g/mol. The molecule has 1 unspecified atom stereocenters. The van der Waals surface area contributed by atoms with Crippen molar-refractivity contribution in [3.8, 4) is 0 Å². The summed E-state index contributed by atoms with van der Waals surface area (Å²) >= 11 is 0. The highest BCUT2D eigenvalue weighted by Gasteiger charge is 2.39. The first-order valence-corrected chi connectivity index (χ1v) is 11.5. The van der Waals surface area contributed by atoms with E-state index in [1.807, 2.05) is 60.8 Å². The molecular weight excluding hydrogens is 446 g/mol. The number of benzene rings is 2. The van der Waals surface area contributed by atoms with Crippen molar-refractivity contribution in [2.24, 2.45) is 0 Å². The number of carbonyl (C=O) groups is 3. The van der Waals surface area contributed by atoms with E-state index in [9.17, 15) is 14.4 Å². The standard InChI is InChI=1S/C27H33N3O5/c1-26(2,3)35-25(33)29-22(15-18-11-7-6-8-12-18)23(31)30-27(4,24(32)34-5)16-19-17-28-21-14-10-9-13-20(19)21/h6-14,17,22,28H,15-16H2,1-5H3,(H,29,33)(H,30,31)/t22-,27?/m0/s1. The van der Waals surface area contributed by atoms with Crippen molar-refractivity contribution in [3.05, 3.63) is 71.9 Å². The molecule has 0 saturated heterocycles. The summed E-state index contributed by atoms with van der Waals surface area (Å²) in [6.07, 6.45) is 1.51. The van der Waals surface area contributed by atoms with Crippen LogP contribution in [0.3, 0.4) is 0 Å². The SMILES string of the molecule is COC(=O)C(C)(Cc1c[nH]c2ccccc12)NC(=O)[C@H](Cc1ccccc1)NC(=O)OC(C)(C)C. The lowest BCUT2D eigenvalue weighted by atomic mass is 9.91. The maximum absolute atomic E-state index is 13.5. The van der Waals surface area contributed by atoms with Gasteiger partial charge in [0.05, 0.1) is 7.11 Å². The van der Waals surface area contributed by atoms with Gasteiger partial charge in [0.25, 0.3) is 0 Å². The van der Waals surface area contributed by atoms with Gasteiger partial charge in [-0.3, -0.25) is 4.79 Å². The second-order valence-electron chi connectivity index (χ2n) is 9.74. The molecule has 186 valence electrons. The van der Waals surface area contributed by atoms with Crippen molar-refractivity contribution < 1.29 is 23.9 Å². The Labute approximate surface area is 205 Å². The molecule has 0 spiro atoms. The van der Waals surface area contributed by atoms with Crippen molar-refractivity contribution in [1.82, 2.24) is 15.6 Å². The van der Waals surface area contributed by atoms with Crippen molar-refractivity contribution in [3.63, 3.8) is 0 Å². The summed E-state index contributed by atoms with van der Waals surface area (Å²) in [5, 5.41) is 6.45. The third-order valence-corrected chi connectivity index (χ3v) is 5.54. The molecule has 3 rings (SSSR count). The number of carbonyl (C=O) groups excluding carboxylic acids is 3. The number of ether oxygens (including phenoxy) is 2. The highest BCUT2D eigenvalue weighted by atomic mass is 16.6. The van der Waals surface area contributed by atoms with Gasteiger partial charge < -0.3 is 25.1 Å². The number of para-hydroxylation sites is 1. The third-order valence-electron chi connectivity index (χ3n) is 5.54. The number of nitrogens with one attached hydrogen (secondary N) is 3. The molecule has 0 radical (unpaired) electrons. The normalized spacial score (nSPS) is 14.0. The second kappa shape index (κ2) is 10.6. The number of fused-ring (bicyclic) bond motifs is 1. The summed E-state index contributed by atoms with van der Waals surface area (Å²) in [7, 11) is 1.28. The Bertz CT molecular complexity index is 1180. The molecule has 2 amide bonds. The topological polar surface area (TPSA) is 110 Å². The molecule has 0 aliphatic heterocycles. The summed E-state index contributed by atoms with van der Waals surface area (Å²) in [6, 6.07) is 16.0. The number of rotatable bonds is 8. The molecule has 0 aliphatic rings. The Morgan fingerprint density at radius 2 is 1.63 bits per heavy atom. The monoisotopic (exact) mass is 479 g/mol. The number of amides is 2. The molecule has 1 aromatic heterocycles. The smallest absolute Gasteiger partial charge is 0.408 e. The molecule has 0 saturated carbocycles. The van der Waals surface area contributed by atoms with Gasteiger partial charge in [0.15, 0.2) is 0 Å². The molecule has 2 atom stereocenters. The van der Waals surface area contributed by atoms with Gasteiger partial charge in [-0.25, -0.2) is 9.59 Å². The average Bonchev–Trinajstić information content (AvgIpc) is 3.20. The van der Waals surface area contributed by atoms with E-state index in [4.69, 9.17) is 9.47 Å². The molecule has 8 nitrogen and oxygen atoms in total. The third kappa shape index (κ3) is 6.85. The molecule has 0 bridgehead atoms. The number of methoxy groups -OCH3 is 1. The van der Waals surface area contributed by atoms with Crippen LogP contribution in [0.4, 0.5) is 4.79 Å². The van der Waals surface area contributed by atoms with E-state index in [0.29, 0.717) is 0 Å². The fourth-order valence-electron chi connectivity index (χ4n) is 3.92. The molecule has 2 aromatic carbocycles. The van der Waals surface area contributed by atoms with Crippen LogP contribution in [0.5, 0.6) is 0 Å². The zero-order valence-corrected chi connectivity index (χ0v) is 20.8. The Hall–Kier alpha value is -3.81. The minimum Gasteiger partial charge on any atom is -0.467 e. The van der Waals surface area contributed by atoms with Gasteiger partial charge >= 0.3 is 12.1 Å². The van der Waals surface area contributed by atoms with Crippen LogP contribution >= 0.6 is 0 Å². The summed E-state index contributed by atoms with van der Waals surface area (Å²) in [5.41, 5.74) is 0.526. The highest BCUT2D eigenvalue weighted by Crippen LogP contribution is 2.24. The molecule has 35 heavy (non-hydrogen) atoms. The number of esters is 1. The van der Waals surface area contributed by atoms with E-state index in [2.05, 4.69) is 15.6 Å². The molecular formula is C27H33N3O5. The number of H-pyrrole nitrogens is 1. The Morgan fingerprint density at radius 1 is 0.971 bits per heavy atom. The fourth-order valence-corrected chi connectivity index (χ4v) is 3.92. The lowest BCUT2D eigenvalue weighted by molar-refractivity contribution is -0.150. The quantitative estimate of drug-likeness (QED) is 0.425. The van der Waals surface area contributed by atoms with Crippen molar-refractivity contribution >= 4 is 28.9 Å². The highest BCUT2D eigenvalue weighted by molar-refractivity contribution is 5.93. The largest absolute Gasteiger partial charge is 0.467 e. The zero-order chi connectivity index (χ0) is 25.6. The lowest BCUT2D eigenvalue weighted by Crippen LogP contribution is -2.60. The molecule has 3 aromatic rings. The van der Waals surface area contributed by atoms with Crippen molar-refractivity contribution in [1.29, 1.82) is 0 Å². The number of hydrogen-bond donors (Lipinski definition) is 3. The number of hydrogen-bond acceptors (Lipinski definition) is 5. The molecule has 3 N–H and O–H groups in total. The molecule has 0 fully saturated rings. The van der Waals surface area contributed by atoms with Crippen molar-refractivity contribution in [2.45, 2.75) is 57.7 Å². The van der Waals surface area contributed by atoms with Crippen LogP contribution in [0.1, 0.15) is 38.8 Å². The van der Waals surface area contributed by atoms with Gasteiger partial charge in [-0.05, 0) is 44.9 Å². The Morgan fingerprint density at radius 3 is 2.29 bits per heavy atom. The van der Waals surface area contributed by atoms with Gasteiger partial charge in [-0.2, -0.15) is 0 Å². The van der Waals surface area contributed by atoms with Crippen LogP contribution in [-0.4, -0.2) is 47.2 Å². The Balaban J connectivity index is 1.86. The molecule has 0 aliphatic carbocycles. The predicted octanol–water partition coefficient (Wildman–Crippen LogP) is 3.89. The number of aromatic amines is 1. The number of alkyl carbamates (subject to hydrolysis) is 1. The second-order valence-corrected chi connectivity index (χ2v) is 9.74.